The summed E-state index contributed by atoms with van der Waals surface area (Å²) in [6, 6.07) is 4.09. The highest BCUT2D eigenvalue weighted by Gasteiger charge is 1.98. The normalized spacial score (nSPS) is 9.67. The van der Waals surface area contributed by atoms with Gasteiger partial charge in [-0.1, -0.05) is 13.8 Å². The molecule has 0 radical (unpaired) electrons. The predicted octanol–water partition coefficient (Wildman–Crippen LogP) is 2.09. The molecule has 0 unspecified atom stereocenters. The number of aromatic nitrogens is 1. The molecule has 2 N–H and O–H groups in total. The Hall–Kier alpha value is -0.600. The molecule has 1 aromatic heterocycles. The van der Waals surface area contributed by atoms with Gasteiger partial charge in [0.1, 0.15) is 0 Å². The van der Waals surface area contributed by atoms with Gasteiger partial charge in [-0.05, 0) is 23.6 Å². The van der Waals surface area contributed by atoms with Gasteiger partial charge in [0, 0.05) is 12.7 Å². The van der Waals surface area contributed by atoms with Crippen LogP contribution in [0.2, 0.25) is 0 Å². The Kier molecular flexibility index (Phi) is 4.86. The monoisotopic (exact) mass is 186 g/mol. The van der Waals surface area contributed by atoms with Crippen LogP contribution < -0.4 is 5.73 Å². The summed E-state index contributed by atoms with van der Waals surface area (Å²) in [5, 5.41) is 0. The fourth-order valence-corrected chi connectivity index (χ4v) is 0.968. The molecule has 68 valence electrons. The molecule has 0 amide bonds. The molecule has 0 spiro atoms. The van der Waals surface area contributed by atoms with Crippen molar-refractivity contribution in [1.82, 2.24) is 4.98 Å². The number of hydrogen-bond donors (Lipinski definition) is 1. The summed E-state index contributed by atoms with van der Waals surface area (Å²) < 4.78 is 0. The lowest BCUT2D eigenvalue weighted by molar-refractivity contribution is 0.851. The van der Waals surface area contributed by atoms with Gasteiger partial charge in [-0.3, -0.25) is 4.98 Å². The summed E-state index contributed by atoms with van der Waals surface area (Å²) in [5.41, 5.74) is 7.73. The van der Waals surface area contributed by atoms with Crippen LogP contribution >= 0.6 is 12.4 Å². The third-order valence-corrected chi connectivity index (χ3v) is 1.72. The van der Waals surface area contributed by atoms with Gasteiger partial charge in [0.05, 0.1) is 5.69 Å². The Morgan fingerprint density at radius 3 is 2.67 bits per heavy atom. The van der Waals surface area contributed by atoms with Gasteiger partial charge in [0.2, 0.25) is 0 Å². The quantitative estimate of drug-likeness (QED) is 0.768. The number of nitrogens with two attached hydrogens (primary N) is 1. The molecule has 1 aromatic rings. The van der Waals surface area contributed by atoms with Crippen LogP contribution in [-0.2, 0) is 6.54 Å². The third kappa shape index (κ3) is 2.80. The molecule has 0 aliphatic heterocycles. The average molecular weight is 187 g/mol. The van der Waals surface area contributed by atoms with E-state index in [9.17, 15) is 0 Å². The van der Waals surface area contributed by atoms with E-state index in [1.54, 1.807) is 0 Å². The summed E-state index contributed by atoms with van der Waals surface area (Å²) in [6.45, 7) is 4.85. The lowest BCUT2D eigenvalue weighted by atomic mass is 10.0. The van der Waals surface area contributed by atoms with E-state index in [-0.39, 0.29) is 12.4 Å². The van der Waals surface area contributed by atoms with Gasteiger partial charge in [0.25, 0.3) is 0 Å². The number of nitrogens with zero attached hydrogens (tertiary/aromatic N) is 1. The molecule has 0 saturated carbocycles. The fourth-order valence-electron chi connectivity index (χ4n) is 0.968. The van der Waals surface area contributed by atoms with Crippen LogP contribution in [0.5, 0.6) is 0 Å². The van der Waals surface area contributed by atoms with Crippen LogP contribution in [0.4, 0.5) is 0 Å². The van der Waals surface area contributed by atoms with Crippen molar-refractivity contribution in [2.24, 2.45) is 5.73 Å². The van der Waals surface area contributed by atoms with Crippen LogP contribution in [0.25, 0.3) is 0 Å². The van der Waals surface area contributed by atoms with Crippen molar-refractivity contribution in [2.45, 2.75) is 26.3 Å². The molecule has 0 fully saturated rings. The Morgan fingerprint density at radius 1 is 1.50 bits per heavy atom. The van der Waals surface area contributed by atoms with Crippen LogP contribution in [-0.4, -0.2) is 4.98 Å². The lowest BCUT2D eigenvalue weighted by Gasteiger charge is -2.05. The Balaban J connectivity index is 0.00000121. The van der Waals surface area contributed by atoms with Crippen LogP contribution in [0.3, 0.4) is 0 Å². The first-order valence-electron chi connectivity index (χ1n) is 3.89. The summed E-state index contributed by atoms with van der Waals surface area (Å²) >= 11 is 0. The minimum Gasteiger partial charge on any atom is -0.325 e. The zero-order valence-corrected chi connectivity index (χ0v) is 8.27. The zero-order valence-electron chi connectivity index (χ0n) is 7.45. The zero-order chi connectivity index (χ0) is 8.27. The lowest BCUT2D eigenvalue weighted by Crippen LogP contribution is -2.00. The maximum Gasteiger partial charge on any atom is 0.0542 e. The van der Waals surface area contributed by atoms with E-state index in [0.29, 0.717) is 12.5 Å². The van der Waals surface area contributed by atoms with Gasteiger partial charge < -0.3 is 5.73 Å². The van der Waals surface area contributed by atoms with Gasteiger partial charge in [0.15, 0.2) is 0 Å². The molecule has 0 aliphatic rings. The molecular weight excluding hydrogens is 172 g/mol. The SMILES string of the molecule is CC(C)c1ccnc(CN)c1.Cl. The van der Waals surface area contributed by atoms with Crippen molar-refractivity contribution in [1.29, 1.82) is 0 Å². The largest absolute Gasteiger partial charge is 0.325 e. The maximum absolute atomic E-state index is 5.46. The van der Waals surface area contributed by atoms with E-state index < -0.39 is 0 Å². The molecule has 1 rings (SSSR count). The van der Waals surface area contributed by atoms with Gasteiger partial charge in [-0.15, -0.1) is 12.4 Å². The van der Waals surface area contributed by atoms with E-state index in [1.807, 2.05) is 12.3 Å². The van der Waals surface area contributed by atoms with Crippen LogP contribution in [0, 0.1) is 0 Å². The van der Waals surface area contributed by atoms with E-state index in [1.165, 1.54) is 5.56 Å². The Morgan fingerprint density at radius 2 is 2.17 bits per heavy atom. The smallest absolute Gasteiger partial charge is 0.0542 e. The van der Waals surface area contributed by atoms with Crippen molar-refractivity contribution < 1.29 is 0 Å². The molecule has 2 nitrogen and oxygen atoms in total. The number of rotatable bonds is 2. The maximum atomic E-state index is 5.46. The van der Waals surface area contributed by atoms with Gasteiger partial charge in [-0.25, -0.2) is 0 Å². The highest BCUT2D eigenvalue weighted by atomic mass is 35.5. The van der Waals surface area contributed by atoms with Crippen molar-refractivity contribution in [3.8, 4) is 0 Å². The first-order valence-corrected chi connectivity index (χ1v) is 3.89. The second-order valence-corrected chi connectivity index (χ2v) is 2.94. The first kappa shape index (κ1) is 11.4. The second kappa shape index (κ2) is 5.12. The van der Waals surface area contributed by atoms with Crippen molar-refractivity contribution >= 4 is 12.4 Å². The summed E-state index contributed by atoms with van der Waals surface area (Å²) in [4.78, 5) is 4.12. The Labute approximate surface area is 79.6 Å². The third-order valence-electron chi connectivity index (χ3n) is 1.72. The highest BCUT2D eigenvalue weighted by Crippen LogP contribution is 2.13. The number of pyridine rings is 1. The highest BCUT2D eigenvalue weighted by molar-refractivity contribution is 5.85. The van der Waals surface area contributed by atoms with E-state index in [4.69, 9.17) is 5.73 Å². The standard InChI is InChI=1S/C9H14N2.ClH/c1-7(2)8-3-4-11-9(5-8)6-10;/h3-5,7H,6,10H2,1-2H3;1H. The molecule has 1 heterocycles. The molecule has 0 saturated heterocycles. The fraction of sp³-hybridized carbons (Fsp3) is 0.444. The molecule has 0 aliphatic carbocycles. The molecular formula is C9H15ClN2. The van der Waals surface area contributed by atoms with Crippen molar-refractivity contribution in [3.05, 3.63) is 29.6 Å². The molecule has 0 aromatic carbocycles. The van der Waals surface area contributed by atoms with E-state index >= 15 is 0 Å². The summed E-state index contributed by atoms with van der Waals surface area (Å²) in [5.74, 6) is 0.559. The van der Waals surface area contributed by atoms with Crippen molar-refractivity contribution in [3.63, 3.8) is 0 Å². The van der Waals surface area contributed by atoms with Crippen LogP contribution in [0.1, 0.15) is 31.0 Å². The Bertz CT molecular complexity index is 236. The number of hydrogen-bond acceptors (Lipinski definition) is 2. The van der Waals surface area contributed by atoms with E-state index in [0.717, 1.165) is 5.69 Å². The summed E-state index contributed by atoms with van der Waals surface area (Å²) in [6.07, 6.45) is 1.82. The van der Waals surface area contributed by atoms with Gasteiger partial charge >= 0.3 is 0 Å². The second-order valence-electron chi connectivity index (χ2n) is 2.94. The molecule has 12 heavy (non-hydrogen) atoms. The predicted molar refractivity (Wildman–Crippen MR) is 53.5 cm³/mol. The molecule has 0 bridgehead atoms. The minimum atomic E-state index is 0. The van der Waals surface area contributed by atoms with Gasteiger partial charge in [-0.2, -0.15) is 0 Å². The molecule has 3 heteroatoms. The van der Waals surface area contributed by atoms with Crippen LogP contribution in [0.15, 0.2) is 18.3 Å². The number of halogens is 1. The minimum absolute atomic E-state index is 0. The van der Waals surface area contributed by atoms with Crippen molar-refractivity contribution in [2.75, 3.05) is 0 Å². The molecule has 0 atom stereocenters. The average Bonchev–Trinajstić information content (AvgIpc) is 2.05. The first-order chi connectivity index (χ1) is 5.24. The van der Waals surface area contributed by atoms with E-state index in [2.05, 4.69) is 24.9 Å². The topological polar surface area (TPSA) is 38.9 Å². The summed E-state index contributed by atoms with van der Waals surface area (Å²) in [7, 11) is 0.